The molecule has 1 aliphatic rings. The number of carbonyl (C=O) groups is 1. The van der Waals surface area contributed by atoms with Gasteiger partial charge in [-0.05, 0) is 31.7 Å². The molecule has 0 radical (unpaired) electrons. The molecule has 128 valence electrons. The van der Waals surface area contributed by atoms with Gasteiger partial charge in [-0.1, -0.05) is 42.7 Å². The molecular formula is C18H27NO3S. The summed E-state index contributed by atoms with van der Waals surface area (Å²) in [6.07, 6.45) is 5.78. The van der Waals surface area contributed by atoms with Crippen LogP contribution in [0.1, 0.15) is 43.2 Å². The third-order valence-electron chi connectivity index (χ3n) is 4.86. The molecule has 1 amide bonds. The molecule has 1 aromatic carbocycles. The number of sulfone groups is 1. The zero-order valence-electron chi connectivity index (χ0n) is 14.3. The predicted molar refractivity (Wildman–Crippen MR) is 93.2 cm³/mol. The number of hydrogen-bond acceptors (Lipinski definition) is 3. The van der Waals surface area contributed by atoms with Gasteiger partial charge in [0, 0.05) is 25.8 Å². The molecule has 0 unspecified atom stereocenters. The Morgan fingerprint density at radius 2 is 1.78 bits per heavy atom. The maximum absolute atomic E-state index is 12.5. The van der Waals surface area contributed by atoms with E-state index in [1.54, 1.807) is 11.9 Å². The first-order valence-corrected chi connectivity index (χ1v) is 10.2. The molecule has 5 heteroatoms. The zero-order valence-corrected chi connectivity index (χ0v) is 15.1. The Morgan fingerprint density at radius 1 is 1.17 bits per heavy atom. The van der Waals surface area contributed by atoms with Crippen molar-refractivity contribution in [2.24, 2.45) is 0 Å². The van der Waals surface area contributed by atoms with E-state index in [1.165, 1.54) is 11.8 Å². The minimum Gasteiger partial charge on any atom is -0.341 e. The second-order valence-electron chi connectivity index (χ2n) is 6.71. The Hall–Kier alpha value is -1.36. The van der Waals surface area contributed by atoms with Crippen molar-refractivity contribution in [1.29, 1.82) is 0 Å². The van der Waals surface area contributed by atoms with E-state index in [0.717, 1.165) is 24.8 Å². The molecule has 0 aromatic heterocycles. The van der Waals surface area contributed by atoms with Gasteiger partial charge >= 0.3 is 0 Å². The van der Waals surface area contributed by atoms with Crippen LogP contribution in [0.5, 0.6) is 0 Å². The van der Waals surface area contributed by atoms with Crippen LogP contribution in [-0.2, 0) is 21.1 Å². The minimum absolute atomic E-state index is 0.0334. The van der Waals surface area contributed by atoms with E-state index >= 15 is 0 Å². The van der Waals surface area contributed by atoms with Crippen molar-refractivity contribution in [3.63, 3.8) is 0 Å². The molecule has 4 nitrogen and oxygen atoms in total. The summed E-state index contributed by atoms with van der Waals surface area (Å²) in [6.45, 7) is 2.04. The summed E-state index contributed by atoms with van der Waals surface area (Å²) in [5.41, 5.74) is 2.34. The molecule has 1 aliphatic carbocycles. The fourth-order valence-electron chi connectivity index (χ4n) is 3.39. The Bertz CT molecular complexity index is 637. The number of rotatable bonds is 5. The van der Waals surface area contributed by atoms with E-state index < -0.39 is 15.1 Å². The van der Waals surface area contributed by atoms with E-state index in [9.17, 15) is 13.2 Å². The van der Waals surface area contributed by atoms with Gasteiger partial charge in [0.05, 0.1) is 5.25 Å². The van der Waals surface area contributed by atoms with Crippen molar-refractivity contribution < 1.29 is 13.2 Å². The largest absolute Gasteiger partial charge is 0.341 e. The zero-order chi connectivity index (χ0) is 17.0. The molecule has 23 heavy (non-hydrogen) atoms. The highest BCUT2D eigenvalue weighted by atomic mass is 32.2. The van der Waals surface area contributed by atoms with Gasteiger partial charge < -0.3 is 4.90 Å². The number of benzene rings is 1. The van der Waals surface area contributed by atoms with Gasteiger partial charge in [0.1, 0.15) is 0 Å². The summed E-state index contributed by atoms with van der Waals surface area (Å²) in [5, 5.41) is -0.412. The van der Waals surface area contributed by atoms with Crippen LogP contribution in [0, 0.1) is 6.92 Å². The van der Waals surface area contributed by atoms with Gasteiger partial charge in [0.2, 0.25) is 5.91 Å². The lowest BCUT2D eigenvalue weighted by molar-refractivity contribution is -0.132. The van der Waals surface area contributed by atoms with Crippen LogP contribution in [-0.4, -0.2) is 43.8 Å². The number of amides is 1. The number of aryl methyl sites for hydroxylation is 2. The maximum atomic E-state index is 12.5. The van der Waals surface area contributed by atoms with Crippen LogP contribution in [0.2, 0.25) is 0 Å². The van der Waals surface area contributed by atoms with E-state index in [0.29, 0.717) is 19.3 Å². The summed E-state index contributed by atoms with van der Waals surface area (Å²) in [7, 11) is -1.36. The SMILES string of the molecule is Cc1ccc(CCC(=O)N(C)[C@H]2CCCC[C@H]2S(C)(=O)=O)cc1. The van der Waals surface area contributed by atoms with Crippen molar-refractivity contribution in [1.82, 2.24) is 4.90 Å². The second-order valence-corrected chi connectivity index (χ2v) is 8.97. The first-order valence-electron chi connectivity index (χ1n) is 8.29. The standard InChI is InChI=1S/C18H27NO3S/c1-14-8-10-15(11-9-14)12-13-18(20)19(2)16-6-4-5-7-17(16)23(3,21)22/h8-11,16-17H,4-7,12-13H2,1-3H3/t16-,17+/m0/s1. The molecular weight excluding hydrogens is 310 g/mol. The topological polar surface area (TPSA) is 54.5 Å². The lowest BCUT2D eigenvalue weighted by Gasteiger charge is -2.37. The van der Waals surface area contributed by atoms with Crippen LogP contribution >= 0.6 is 0 Å². The molecule has 2 atom stereocenters. The average molecular weight is 337 g/mol. The molecule has 0 N–H and O–H groups in total. The van der Waals surface area contributed by atoms with Crippen molar-refractivity contribution in [2.75, 3.05) is 13.3 Å². The van der Waals surface area contributed by atoms with E-state index in [2.05, 4.69) is 0 Å². The van der Waals surface area contributed by atoms with Crippen molar-refractivity contribution in [3.05, 3.63) is 35.4 Å². The van der Waals surface area contributed by atoms with E-state index in [-0.39, 0.29) is 11.9 Å². The quantitative estimate of drug-likeness (QED) is 0.830. The molecule has 0 aliphatic heterocycles. The fraction of sp³-hybridized carbons (Fsp3) is 0.611. The summed E-state index contributed by atoms with van der Waals surface area (Å²) >= 11 is 0. The van der Waals surface area contributed by atoms with Crippen molar-refractivity contribution >= 4 is 15.7 Å². The molecule has 1 saturated carbocycles. The Balaban J connectivity index is 1.98. The Morgan fingerprint density at radius 3 is 2.39 bits per heavy atom. The number of hydrogen-bond donors (Lipinski definition) is 0. The summed E-state index contributed by atoms with van der Waals surface area (Å²) in [5.74, 6) is 0.0334. The lowest BCUT2D eigenvalue weighted by atomic mass is 9.93. The van der Waals surface area contributed by atoms with Gasteiger partial charge in [-0.2, -0.15) is 0 Å². The van der Waals surface area contributed by atoms with E-state index in [4.69, 9.17) is 0 Å². The second kappa shape index (κ2) is 7.47. The third kappa shape index (κ3) is 4.80. The van der Waals surface area contributed by atoms with Gasteiger partial charge in [-0.25, -0.2) is 8.42 Å². The maximum Gasteiger partial charge on any atom is 0.222 e. The van der Waals surface area contributed by atoms with Gasteiger partial charge in [-0.3, -0.25) is 4.79 Å². The van der Waals surface area contributed by atoms with Crippen LogP contribution in [0.3, 0.4) is 0 Å². The summed E-state index contributed by atoms with van der Waals surface area (Å²) < 4.78 is 24.0. The van der Waals surface area contributed by atoms with Gasteiger partial charge in [-0.15, -0.1) is 0 Å². The molecule has 0 bridgehead atoms. The monoisotopic (exact) mass is 337 g/mol. The van der Waals surface area contributed by atoms with Gasteiger partial charge in [0.25, 0.3) is 0 Å². The lowest BCUT2D eigenvalue weighted by Crippen LogP contribution is -2.49. The molecule has 0 heterocycles. The Kier molecular flexibility index (Phi) is 5.84. The number of carbonyl (C=O) groups excluding carboxylic acids is 1. The normalized spacial score (nSPS) is 21.9. The van der Waals surface area contributed by atoms with Crippen LogP contribution < -0.4 is 0 Å². The molecule has 2 rings (SSSR count). The average Bonchev–Trinajstić information content (AvgIpc) is 2.52. The smallest absolute Gasteiger partial charge is 0.222 e. The molecule has 0 spiro atoms. The predicted octanol–water partition coefficient (Wildman–Crippen LogP) is 2.74. The van der Waals surface area contributed by atoms with E-state index in [1.807, 2.05) is 31.2 Å². The highest BCUT2D eigenvalue weighted by molar-refractivity contribution is 7.91. The minimum atomic E-state index is -3.12. The van der Waals surface area contributed by atoms with Crippen molar-refractivity contribution in [2.45, 2.75) is 56.7 Å². The Labute approximate surface area is 139 Å². The summed E-state index contributed by atoms with van der Waals surface area (Å²) in [4.78, 5) is 14.2. The number of nitrogens with zero attached hydrogens (tertiary/aromatic N) is 1. The van der Waals surface area contributed by atoms with Gasteiger partial charge in [0.15, 0.2) is 9.84 Å². The van der Waals surface area contributed by atoms with Crippen LogP contribution in [0.4, 0.5) is 0 Å². The first kappa shape index (κ1) is 18.0. The first-order chi connectivity index (χ1) is 10.8. The molecule has 1 fully saturated rings. The molecule has 0 saturated heterocycles. The van der Waals surface area contributed by atoms with Crippen LogP contribution in [0.25, 0.3) is 0 Å². The van der Waals surface area contributed by atoms with Crippen LogP contribution in [0.15, 0.2) is 24.3 Å². The highest BCUT2D eigenvalue weighted by Crippen LogP contribution is 2.27. The molecule has 1 aromatic rings. The fourth-order valence-corrected chi connectivity index (χ4v) is 4.87. The summed E-state index contributed by atoms with van der Waals surface area (Å²) in [6, 6.07) is 8.00. The highest BCUT2D eigenvalue weighted by Gasteiger charge is 2.36. The third-order valence-corrected chi connectivity index (χ3v) is 6.51. The van der Waals surface area contributed by atoms with Crippen molar-refractivity contribution in [3.8, 4) is 0 Å².